The van der Waals surface area contributed by atoms with Crippen molar-refractivity contribution in [1.29, 1.82) is 0 Å². The number of hydrogen-bond donors (Lipinski definition) is 1. The Hall–Kier alpha value is -2.37. The first-order chi connectivity index (χ1) is 11.5. The summed E-state index contributed by atoms with van der Waals surface area (Å²) in [5.41, 5.74) is 0.589. The lowest BCUT2D eigenvalue weighted by Gasteiger charge is -2.21. The van der Waals surface area contributed by atoms with Gasteiger partial charge in [0.2, 0.25) is 5.91 Å². The third kappa shape index (κ3) is 2.88. The molecule has 6 heteroatoms. The maximum atomic E-state index is 12.9. The molecule has 1 atom stereocenters. The zero-order chi connectivity index (χ0) is 17.2. The van der Waals surface area contributed by atoms with Crippen LogP contribution in [0.5, 0.6) is 5.75 Å². The quantitative estimate of drug-likeness (QED) is 0.791. The van der Waals surface area contributed by atoms with E-state index < -0.39 is 5.41 Å². The summed E-state index contributed by atoms with van der Waals surface area (Å²) >= 11 is 0. The number of aromatic nitrogens is 3. The van der Waals surface area contributed by atoms with Crippen LogP contribution in [0.4, 0.5) is 0 Å². The fraction of sp³-hybridized carbons (Fsp3) is 0.500. The molecule has 0 aliphatic heterocycles. The second-order valence-electron chi connectivity index (χ2n) is 6.97. The van der Waals surface area contributed by atoms with Gasteiger partial charge in [-0.05, 0) is 36.0 Å². The van der Waals surface area contributed by atoms with E-state index in [2.05, 4.69) is 29.5 Å². The van der Waals surface area contributed by atoms with Gasteiger partial charge in [0.15, 0.2) is 0 Å². The van der Waals surface area contributed by atoms with Crippen molar-refractivity contribution in [3.05, 3.63) is 42.2 Å². The molecule has 128 valence electrons. The van der Waals surface area contributed by atoms with Crippen molar-refractivity contribution in [3.63, 3.8) is 0 Å². The zero-order valence-electron chi connectivity index (χ0n) is 14.5. The lowest BCUT2D eigenvalue weighted by atomic mass is 9.87. The van der Waals surface area contributed by atoms with E-state index in [1.807, 2.05) is 30.5 Å². The SMILES string of the molecule is COc1ccc(C2(C(=O)NCCCn3ccnn3)CC2(C)C)cc1. The molecule has 6 nitrogen and oxygen atoms in total. The molecule has 0 spiro atoms. The number of benzene rings is 1. The highest BCUT2D eigenvalue weighted by atomic mass is 16.5. The second kappa shape index (κ2) is 6.26. The molecule has 1 aromatic carbocycles. The van der Waals surface area contributed by atoms with Gasteiger partial charge in [-0.2, -0.15) is 0 Å². The Morgan fingerprint density at radius 2 is 2.04 bits per heavy atom. The Labute approximate surface area is 142 Å². The summed E-state index contributed by atoms with van der Waals surface area (Å²) in [5, 5.41) is 10.8. The molecule has 1 unspecified atom stereocenters. The zero-order valence-corrected chi connectivity index (χ0v) is 14.5. The summed E-state index contributed by atoms with van der Waals surface area (Å²) in [6.07, 6.45) is 5.17. The Kier molecular flexibility index (Phi) is 4.30. The van der Waals surface area contributed by atoms with Crippen molar-refractivity contribution in [1.82, 2.24) is 20.3 Å². The van der Waals surface area contributed by atoms with Gasteiger partial charge in [-0.15, -0.1) is 5.10 Å². The van der Waals surface area contributed by atoms with Crippen molar-refractivity contribution in [2.45, 2.75) is 38.6 Å². The summed E-state index contributed by atoms with van der Waals surface area (Å²) in [7, 11) is 1.65. The molecule has 24 heavy (non-hydrogen) atoms. The predicted molar refractivity (Wildman–Crippen MR) is 90.7 cm³/mol. The van der Waals surface area contributed by atoms with Crippen molar-refractivity contribution in [3.8, 4) is 5.75 Å². The van der Waals surface area contributed by atoms with Crippen LogP contribution in [0.1, 0.15) is 32.3 Å². The summed E-state index contributed by atoms with van der Waals surface area (Å²) in [6.45, 7) is 5.67. The first kappa shape index (κ1) is 16.5. The van der Waals surface area contributed by atoms with Crippen LogP contribution in [0.3, 0.4) is 0 Å². The average Bonchev–Trinajstić information content (AvgIpc) is 2.93. The molecular formula is C18H24N4O2. The lowest BCUT2D eigenvalue weighted by molar-refractivity contribution is -0.124. The average molecular weight is 328 g/mol. The van der Waals surface area contributed by atoms with Gasteiger partial charge in [0.1, 0.15) is 5.75 Å². The predicted octanol–water partition coefficient (Wildman–Crippen LogP) is 2.16. The van der Waals surface area contributed by atoms with Crippen LogP contribution < -0.4 is 10.1 Å². The first-order valence-corrected chi connectivity index (χ1v) is 8.26. The Morgan fingerprint density at radius 1 is 1.33 bits per heavy atom. The second-order valence-corrected chi connectivity index (χ2v) is 6.97. The van der Waals surface area contributed by atoms with Gasteiger partial charge in [-0.25, -0.2) is 0 Å². The molecule has 0 bridgehead atoms. The largest absolute Gasteiger partial charge is 0.497 e. The summed E-state index contributed by atoms with van der Waals surface area (Å²) in [6, 6.07) is 7.85. The Bertz CT molecular complexity index is 694. The fourth-order valence-corrected chi connectivity index (χ4v) is 3.45. The maximum Gasteiger partial charge on any atom is 0.231 e. The molecule has 1 amide bonds. The van der Waals surface area contributed by atoms with Gasteiger partial charge in [0, 0.05) is 19.3 Å². The first-order valence-electron chi connectivity index (χ1n) is 8.26. The van der Waals surface area contributed by atoms with Crippen molar-refractivity contribution < 1.29 is 9.53 Å². The van der Waals surface area contributed by atoms with E-state index in [4.69, 9.17) is 4.74 Å². The van der Waals surface area contributed by atoms with Crippen molar-refractivity contribution >= 4 is 5.91 Å². The smallest absolute Gasteiger partial charge is 0.231 e. The minimum atomic E-state index is -0.438. The molecule has 3 rings (SSSR count). The topological polar surface area (TPSA) is 69.0 Å². The van der Waals surface area contributed by atoms with Gasteiger partial charge in [-0.3, -0.25) is 9.48 Å². The molecule has 1 N–H and O–H groups in total. The molecule has 1 heterocycles. The number of amides is 1. The number of hydrogen-bond acceptors (Lipinski definition) is 4. The third-order valence-corrected chi connectivity index (χ3v) is 5.03. The molecule has 0 saturated heterocycles. The number of nitrogens with one attached hydrogen (secondary N) is 1. The van der Waals surface area contributed by atoms with E-state index in [1.165, 1.54) is 0 Å². The van der Waals surface area contributed by atoms with Gasteiger partial charge < -0.3 is 10.1 Å². The minimum Gasteiger partial charge on any atom is -0.497 e. The molecular weight excluding hydrogens is 304 g/mol. The normalized spacial score (nSPS) is 21.3. The minimum absolute atomic E-state index is 0.0302. The van der Waals surface area contributed by atoms with Gasteiger partial charge in [0.05, 0.1) is 18.7 Å². The van der Waals surface area contributed by atoms with Crippen LogP contribution in [0.2, 0.25) is 0 Å². The van der Waals surface area contributed by atoms with E-state index in [-0.39, 0.29) is 11.3 Å². The lowest BCUT2D eigenvalue weighted by Crippen LogP contribution is -2.38. The van der Waals surface area contributed by atoms with Gasteiger partial charge in [-0.1, -0.05) is 31.2 Å². The highest BCUT2D eigenvalue weighted by Gasteiger charge is 2.66. The number of methoxy groups -OCH3 is 1. The van der Waals surface area contributed by atoms with Gasteiger partial charge >= 0.3 is 0 Å². The van der Waals surface area contributed by atoms with Crippen LogP contribution in [0.15, 0.2) is 36.7 Å². The highest BCUT2D eigenvalue weighted by molar-refractivity contribution is 5.93. The molecule has 1 aliphatic carbocycles. The van der Waals surface area contributed by atoms with Gasteiger partial charge in [0.25, 0.3) is 0 Å². The fourth-order valence-electron chi connectivity index (χ4n) is 3.45. The summed E-state index contributed by atoms with van der Waals surface area (Å²) in [5.74, 6) is 0.914. The molecule has 1 aliphatic rings. The van der Waals surface area contributed by atoms with E-state index in [0.29, 0.717) is 6.54 Å². The van der Waals surface area contributed by atoms with Crippen LogP contribution in [0, 0.1) is 5.41 Å². The van der Waals surface area contributed by atoms with E-state index >= 15 is 0 Å². The standard InChI is InChI=1S/C18H24N4O2/c1-17(2)13-18(17,14-5-7-15(24-3)8-6-14)16(23)19-9-4-11-22-12-10-20-21-22/h5-8,10,12H,4,9,11,13H2,1-3H3,(H,19,23). The summed E-state index contributed by atoms with van der Waals surface area (Å²) < 4.78 is 6.99. The number of aryl methyl sites for hydroxylation is 1. The molecule has 1 fully saturated rings. The number of rotatable bonds is 7. The number of ether oxygens (including phenoxy) is 1. The van der Waals surface area contributed by atoms with Crippen LogP contribution >= 0.6 is 0 Å². The van der Waals surface area contributed by atoms with Crippen LogP contribution in [-0.2, 0) is 16.8 Å². The molecule has 0 radical (unpaired) electrons. The molecule has 1 aromatic heterocycles. The van der Waals surface area contributed by atoms with E-state index in [9.17, 15) is 4.79 Å². The Morgan fingerprint density at radius 3 is 2.58 bits per heavy atom. The summed E-state index contributed by atoms with van der Waals surface area (Å²) in [4.78, 5) is 12.9. The third-order valence-electron chi connectivity index (χ3n) is 5.03. The number of carbonyl (C=O) groups is 1. The highest BCUT2D eigenvalue weighted by Crippen LogP contribution is 2.64. The maximum absolute atomic E-state index is 12.9. The van der Waals surface area contributed by atoms with E-state index in [1.54, 1.807) is 18.0 Å². The van der Waals surface area contributed by atoms with E-state index in [0.717, 1.165) is 30.7 Å². The van der Waals surface area contributed by atoms with Crippen molar-refractivity contribution in [2.75, 3.05) is 13.7 Å². The monoisotopic (exact) mass is 328 g/mol. The van der Waals surface area contributed by atoms with Crippen LogP contribution in [0.25, 0.3) is 0 Å². The number of nitrogens with zero attached hydrogens (tertiary/aromatic N) is 3. The van der Waals surface area contributed by atoms with Crippen LogP contribution in [-0.4, -0.2) is 34.6 Å². The van der Waals surface area contributed by atoms with Crippen molar-refractivity contribution in [2.24, 2.45) is 5.41 Å². The Balaban J connectivity index is 1.63. The molecule has 2 aromatic rings. The molecule has 1 saturated carbocycles. The number of carbonyl (C=O) groups excluding carboxylic acids is 1.